The standard InChI is InChI=1S/C5H3BrClFN2O2/c6-5(7)4(8)1-3(2-9-5)10(11)12/h1-2,9H. The molecule has 1 aliphatic heterocycles. The molecule has 0 amide bonds. The van der Waals surface area contributed by atoms with Crippen molar-refractivity contribution < 1.29 is 9.31 Å². The number of hydrogen-bond donors (Lipinski definition) is 1. The fourth-order valence-corrected chi connectivity index (χ4v) is 0.939. The smallest absolute Gasteiger partial charge is 0.287 e. The van der Waals surface area contributed by atoms with Crippen LogP contribution in [-0.2, 0) is 0 Å². The number of nitrogens with zero attached hydrogens (tertiary/aromatic N) is 1. The first-order valence-electron chi connectivity index (χ1n) is 2.81. The van der Waals surface area contributed by atoms with Gasteiger partial charge in [0.15, 0.2) is 5.83 Å². The molecule has 4 nitrogen and oxygen atoms in total. The quantitative estimate of drug-likeness (QED) is 0.337. The molecule has 1 N–H and O–H groups in total. The van der Waals surface area contributed by atoms with Crippen LogP contribution in [0.5, 0.6) is 0 Å². The van der Waals surface area contributed by atoms with Crippen LogP contribution in [0, 0.1) is 10.1 Å². The largest absolute Gasteiger partial charge is 0.353 e. The summed E-state index contributed by atoms with van der Waals surface area (Å²) in [5, 5.41) is 12.4. The van der Waals surface area contributed by atoms with Gasteiger partial charge in [-0.1, -0.05) is 11.6 Å². The highest BCUT2D eigenvalue weighted by Crippen LogP contribution is 2.33. The van der Waals surface area contributed by atoms with Crippen LogP contribution in [0.3, 0.4) is 0 Å². The van der Waals surface area contributed by atoms with Crippen LogP contribution >= 0.6 is 27.5 Å². The van der Waals surface area contributed by atoms with Crippen molar-refractivity contribution in [2.45, 2.75) is 3.91 Å². The zero-order valence-electron chi connectivity index (χ0n) is 5.55. The summed E-state index contributed by atoms with van der Waals surface area (Å²) in [5.41, 5.74) is -0.372. The van der Waals surface area contributed by atoms with Gasteiger partial charge in [0.05, 0.1) is 17.2 Å². The predicted octanol–water partition coefficient (Wildman–Crippen LogP) is 1.85. The van der Waals surface area contributed by atoms with E-state index in [4.69, 9.17) is 11.6 Å². The zero-order valence-corrected chi connectivity index (χ0v) is 7.89. The number of dihydropyridines is 1. The van der Waals surface area contributed by atoms with Crippen LogP contribution in [0.15, 0.2) is 23.8 Å². The Hall–Kier alpha value is -0.620. The molecule has 0 aliphatic carbocycles. The predicted molar refractivity (Wildman–Crippen MR) is 44.9 cm³/mol. The van der Waals surface area contributed by atoms with E-state index in [2.05, 4.69) is 21.2 Å². The van der Waals surface area contributed by atoms with Crippen molar-refractivity contribution in [1.29, 1.82) is 0 Å². The molecule has 1 rings (SSSR count). The van der Waals surface area contributed by atoms with Gasteiger partial charge in [0.1, 0.15) is 0 Å². The lowest BCUT2D eigenvalue weighted by molar-refractivity contribution is -0.419. The van der Waals surface area contributed by atoms with Crippen LogP contribution in [0.4, 0.5) is 4.39 Å². The third-order valence-corrected chi connectivity index (χ3v) is 2.08. The summed E-state index contributed by atoms with van der Waals surface area (Å²) in [7, 11) is 0. The van der Waals surface area contributed by atoms with Gasteiger partial charge < -0.3 is 5.32 Å². The molecule has 0 aromatic rings. The fourth-order valence-electron chi connectivity index (χ4n) is 0.601. The normalized spacial score (nSPS) is 28.6. The lowest BCUT2D eigenvalue weighted by Crippen LogP contribution is -2.33. The van der Waals surface area contributed by atoms with Crippen molar-refractivity contribution in [3.63, 3.8) is 0 Å². The van der Waals surface area contributed by atoms with Crippen molar-refractivity contribution in [3.05, 3.63) is 33.9 Å². The van der Waals surface area contributed by atoms with Gasteiger partial charge in [0.2, 0.25) is 3.91 Å². The Balaban J connectivity index is 2.93. The van der Waals surface area contributed by atoms with E-state index in [0.29, 0.717) is 0 Å². The lowest BCUT2D eigenvalue weighted by atomic mass is 10.3. The molecule has 0 spiro atoms. The second-order valence-corrected chi connectivity index (χ2v) is 4.25. The number of hydrogen-bond acceptors (Lipinski definition) is 3. The van der Waals surface area contributed by atoms with Gasteiger partial charge in [0, 0.05) is 0 Å². The molecule has 0 bridgehead atoms. The van der Waals surface area contributed by atoms with Crippen LogP contribution in [0.25, 0.3) is 0 Å². The lowest BCUT2D eigenvalue weighted by Gasteiger charge is -2.20. The van der Waals surface area contributed by atoms with Crippen LogP contribution in [0.2, 0.25) is 0 Å². The summed E-state index contributed by atoms with van der Waals surface area (Å²) < 4.78 is 11.3. The molecule has 7 heteroatoms. The first kappa shape index (κ1) is 9.47. The summed E-state index contributed by atoms with van der Waals surface area (Å²) in [6.07, 6.45) is 1.77. The van der Waals surface area contributed by atoms with E-state index in [1.807, 2.05) is 0 Å². The number of rotatable bonds is 1. The maximum Gasteiger partial charge on any atom is 0.287 e. The van der Waals surface area contributed by atoms with Gasteiger partial charge in [-0.25, -0.2) is 4.39 Å². The molecular formula is C5H3BrClFN2O2. The Morgan fingerprint density at radius 2 is 2.42 bits per heavy atom. The van der Waals surface area contributed by atoms with E-state index in [1.54, 1.807) is 0 Å². The SMILES string of the molecule is O=[N+]([O-])C1=CNC(Cl)(Br)C(F)=C1. The van der Waals surface area contributed by atoms with Crippen molar-refractivity contribution in [3.8, 4) is 0 Å². The zero-order chi connectivity index (χ0) is 9.35. The number of nitrogens with one attached hydrogen (secondary N) is 1. The van der Waals surface area contributed by atoms with E-state index in [9.17, 15) is 14.5 Å². The van der Waals surface area contributed by atoms with Gasteiger partial charge in [-0.3, -0.25) is 10.1 Å². The van der Waals surface area contributed by atoms with Crippen LogP contribution in [0.1, 0.15) is 0 Å². The van der Waals surface area contributed by atoms with Crippen molar-refractivity contribution in [2.75, 3.05) is 0 Å². The summed E-state index contributed by atoms with van der Waals surface area (Å²) >= 11 is 8.27. The first-order valence-corrected chi connectivity index (χ1v) is 3.98. The minimum absolute atomic E-state index is 0.372. The van der Waals surface area contributed by atoms with Crippen LogP contribution in [-0.4, -0.2) is 8.83 Å². The molecule has 66 valence electrons. The number of nitro groups is 1. The summed E-state index contributed by atoms with van der Waals surface area (Å²) in [5.74, 6) is -0.849. The molecule has 0 aromatic heterocycles. The summed E-state index contributed by atoms with van der Waals surface area (Å²) in [4.78, 5) is 9.42. The molecule has 1 atom stereocenters. The number of allylic oxidation sites excluding steroid dienone is 1. The van der Waals surface area contributed by atoms with Gasteiger partial charge in [-0.2, -0.15) is 0 Å². The Bertz CT molecular complexity index is 289. The average Bonchev–Trinajstić information content (AvgIpc) is 1.94. The highest BCUT2D eigenvalue weighted by atomic mass is 79.9. The second-order valence-electron chi connectivity index (χ2n) is 2.04. The number of alkyl halides is 2. The van der Waals surface area contributed by atoms with Gasteiger partial charge in [-0.15, -0.1) is 0 Å². The van der Waals surface area contributed by atoms with Gasteiger partial charge in [0.25, 0.3) is 5.70 Å². The Labute approximate surface area is 80.4 Å². The average molecular weight is 257 g/mol. The minimum Gasteiger partial charge on any atom is -0.353 e. The molecule has 0 radical (unpaired) electrons. The first-order chi connectivity index (χ1) is 5.43. The Kier molecular flexibility index (Phi) is 2.39. The molecule has 0 aromatic carbocycles. The molecule has 12 heavy (non-hydrogen) atoms. The maximum atomic E-state index is 12.8. The topological polar surface area (TPSA) is 55.2 Å². The third kappa shape index (κ3) is 1.75. The van der Waals surface area contributed by atoms with Gasteiger partial charge >= 0.3 is 0 Å². The minimum atomic E-state index is -1.55. The molecule has 0 saturated heterocycles. The Morgan fingerprint density at radius 3 is 2.83 bits per heavy atom. The van der Waals surface area contributed by atoms with E-state index in [1.165, 1.54) is 0 Å². The van der Waals surface area contributed by atoms with Crippen molar-refractivity contribution in [1.82, 2.24) is 5.32 Å². The Morgan fingerprint density at radius 1 is 1.83 bits per heavy atom. The molecule has 1 unspecified atom stereocenters. The number of halogens is 3. The second kappa shape index (κ2) is 3.02. The fraction of sp³-hybridized carbons (Fsp3) is 0.200. The molecule has 1 heterocycles. The van der Waals surface area contributed by atoms with Gasteiger partial charge in [-0.05, 0) is 15.9 Å². The molecule has 1 aliphatic rings. The summed E-state index contributed by atoms with van der Waals surface area (Å²) in [6.45, 7) is 0. The van der Waals surface area contributed by atoms with E-state index in [0.717, 1.165) is 12.3 Å². The molecule has 0 saturated carbocycles. The molecular weight excluding hydrogens is 254 g/mol. The van der Waals surface area contributed by atoms with E-state index >= 15 is 0 Å². The highest BCUT2D eigenvalue weighted by molar-refractivity contribution is 9.10. The van der Waals surface area contributed by atoms with E-state index in [-0.39, 0.29) is 5.70 Å². The summed E-state index contributed by atoms with van der Waals surface area (Å²) in [6, 6.07) is 0. The highest BCUT2D eigenvalue weighted by Gasteiger charge is 2.33. The van der Waals surface area contributed by atoms with E-state index < -0.39 is 14.7 Å². The third-order valence-electron chi connectivity index (χ3n) is 1.19. The van der Waals surface area contributed by atoms with Crippen LogP contribution < -0.4 is 5.32 Å². The van der Waals surface area contributed by atoms with Crippen molar-refractivity contribution >= 4 is 27.5 Å². The maximum absolute atomic E-state index is 12.8. The monoisotopic (exact) mass is 256 g/mol. The van der Waals surface area contributed by atoms with Crippen molar-refractivity contribution in [2.24, 2.45) is 0 Å². The molecule has 0 fully saturated rings.